The molecule has 8 nitrogen and oxygen atoms in total. The fraction of sp³-hybridized carbons (Fsp3) is 0.476. The molecule has 1 fully saturated rings. The number of amides is 1. The molecule has 1 aromatic rings. The quantitative estimate of drug-likeness (QED) is 0.500. The Balaban J connectivity index is 0.00000450. The molecule has 8 heteroatoms. The van der Waals surface area contributed by atoms with E-state index in [4.69, 9.17) is 25.6 Å². The van der Waals surface area contributed by atoms with Crippen LogP contribution in [0.2, 0.25) is 0 Å². The van der Waals surface area contributed by atoms with E-state index in [1.54, 1.807) is 18.2 Å². The first kappa shape index (κ1) is 22.1. The van der Waals surface area contributed by atoms with E-state index in [1.165, 1.54) is 13.3 Å². The number of carbonyl (C=O) groups is 1. The first-order chi connectivity index (χ1) is 13.8. The van der Waals surface area contributed by atoms with Crippen molar-refractivity contribution < 1.29 is 15.7 Å². The van der Waals surface area contributed by atoms with Crippen molar-refractivity contribution >= 4 is 23.7 Å². The van der Waals surface area contributed by atoms with Gasteiger partial charge in [0.05, 0.1) is 30.7 Å². The Morgan fingerprint density at radius 2 is 2.03 bits per heavy atom. The molecule has 0 spiro atoms. The van der Waals surface area contributed by atoms with Crippen molar-refractivity contribution in [2.24, 2.45) is 10.9 Å². The van der Waals surface area contributed by atoms with Crippen molar-refractivity contribution in [1.82, 2.24) is 5.32 Å². The van der Waals surface area contributed by atoms with E-state index >= 15 is 0 Å². The van der Waals surface area contributed by atoms with Crippen LogP contribution in [0.4, 0.5) is 0 Å². The van der Waals surface area contributed by atoms with Gasteiger partial charge in [-0.25, -0.2) is 4.99 Å². The van der Waals surface area contributed by atoms with Crippen LogP contribution in [-0.4, -0.2) is 42.9 Å². The lowest BCUT2D eigenvalue weighted by molar-refractivity contribution is -0.115. The largest absolute Gasteiger partial charge is 0.495 e. The van der Waals surface area contributed by atoms with Crippen LogP contribution >= 0.6 is 0 Å². The van der Waals surface area contributed by atoms with Gasteiger partial charge in [-0.3, -0.25) is 10.2 Å². The summed E-state index contributed by atoms with van der Waals surface area (Å²) in [6.45, 7) is 3.71. The third-order valence-corrected chi connectivity index (χ3v) is 4.78. The summed E-state index contributed by atoms with van der Waals surface area (Å²) in [6.07, 6.45) is 4.28. The van der Waals surface area contributed by atoms with Crippen LogP contribution in [0.3, 0.4) is 0 Å². The van der Waals surface area contributed by atoms with Crippen LogP contribution in [0.15, 0.2) is 23.2 Å². The highest BCUT2D eigenvalue weighted by Gasteiger charge is 2.25. The molecule has 0 atom stereocenters. The normalized spacial score (nSPS) is 18.9. The van der Waals surface area contributed by atoms with Gasteiger partial charge in [0.2, 0.25) is 5.84 Å². The minimum absolute atomic E-state index is 0. The number of nitrogens with zero attached hydrogens (tertiary/aromatic N) is 2. The van der Waals surface area contributed by atoms with Crippen LogP contribution in [-0.2, 0) is 4.79 Å². The molecule has 2 rings (SSSR count). The number of benzene rings is 1. The number of ether oxygens (including phenoxy) is 2. The zero-order valence-electron chi connectivity index (χ0n) is 17.0. The zero-order valence-corrected chi connectivity index (χ0v) is 17.0. The molecule has 0 radical (unpaired) electrons. The van der Waals surface area contributed by atoms with Crippen LogP contribution in [0.25, 0.3) is 0 Å². The Bertz CT molecular complexity index is 840. The first-order valence-electron chi connectivity index (χ1n) is 9.60. The van der Waals surface area contributed by atoms with Crippen molar-refractivity contribution in [3.8, 4) is 17.6 Å². The number of hydrogen-bond acceptors (Lipinski definition) is 6. The van der Waals surface area contributed by atoms with Crippen LogP contribution in [0, 0.1) is 28.1 Å². The molecule has 3 N–H and O–H groups in total. The third-order valence-electron chi connectivity index (χ3n) is 4.78. The highest BCUT2D eigenvalue weighted by molar-refractivity contribution is 6.41. The van der Waals surface area contributed by atoms with Crippen molar-refractivity contribution in [2.75, 3.05) is 7.11 Å². The minimum atomic E-state index is -0.529. The number of methoxy groups -OCH3 is 1. The van der Waals surface area contributed by atoms with E-state index in [-0.39, 0.29) is 25.2 Å². The second-order valence-electron chi connectivity index (χ2n) is 7.26. The first-order valence-corrected chi connectivity index (χ1v) is 9.60. The number of nitrogens with one attached hydrogen (secondary N) is 3. The van der Waals surface area contributed by atoms with Crippen LogP contribution in [0.1, 0.15) is 46.5 Å². The summed E-state index contributed by atoms with van der Waals surface area (Å²) in [5.74, 6) is 0.214. The lowest BCUT2D eigenvalue weighted by Gasteiger charge is -2.29. The van der Waals surface area contributed by atoms with Gasteiger partial charge in [0.25, 0.3) is 5.91 Å². The molecule has 1 aliphatic carbocycles. The molecule has 1 amide bonds. The van der Waals surface area contributed by atoms with Crippen molar-refractivity contribution in [1.29, 1.82) is 16.1 Å². The Hall–Kier alpha value is -3.21. The maximum Gasteiger partial charge on any atom is 0.288 e. The molecule has 1 saturated carbocycles. The van der Waals surface area contributed by atoms with E-state index in [0.717, 1.165) is 25.7 Å². The number of carbonyl (C=O) groups excluding carboxylic acids is 1. The van der Waals surface area contributed by atoms with Gasteiger partial charge in [-0.05, 0) is 43.7 Å². The van der Waals surface area contributed by atoms with E-state index < -0.39 is 11.7 Å². The van der Waals surface area contributed by atoms with E-state index in [1.807, 2.05) is 13.8 Å². The molecule has 0 aliphatic heterocycles. The predicted molar refractivity (Wildman–Crippen MR) is 113 cm³/mol. The lowest BCUT2D eigenvalue weighted by Crippen LogP contribution is -2.42. The van der Waals surface area contributed by atoms with Gasteiger partial charge in [0.15, 0.2) is 0 Å². The van der Waals surface area contributed by atoms with E-state index in [0.29, 0.717) is 17.1 Å². The van der Waals surface area contributed by atoms with Gasteiger partial charge < -0.3 is 20.2 Å². The summed E-state index contributed by atoms with van der Waals surface area (Å²) in [6, 6.07) is 7.18. The molecule has 0 unspecified atom stereocenters. The monoisotopic (exact) mass is 399 g/mol. The predicted octanol–water partition coefficient (Wildman–Crippen LogP) is 3.34. The second kappa shape index (κ2) is 10.4. The maximum atomic E-state index is 12.1. The highest BCUT2D eigenvalue weighted by Crippen LogP contribution is 2.28. The van der Waals surface area contributed by atoms with Crippen molar-refractivity contribution in [3.05, 3.63) is 23.8 Å². The van der Waals surface area contributed by atoms with Crippen LogP contribution in [0.5, 0.6) is 11.5 Å². The van der Waals surface area contributed by atoms with Gasteiger partial charge >= 0.3 is 0 Å². The Morgan fingerprint density at radius 3 is 2.62 bits per heavy atom. The van der Waals surface area contributed by atoms with Gasteiger partial charge in [-0.2, -0.15) is 5.26 Å². The Labute approximate surface area is 172 Å². The number of aliphatic imine (C=N–C) groups is 1. The molecule has 0 saturated heterocycles. The molecule has 0 aromatic heterocycles. The summed E-state index contributed by atoms with van der Waals surface area (Å²) >= 11 is 0. The fourth-order valence-corrected chi connectivity index (χ4v) is 2.95. The number of rotatable bonds is 6. The van der Waals surface area contributed by atoms with Crippen LogP contribution < -0.4 is 14.8 Å². The summed E-state index contributed by atoms with van der Waals surface area (Å²) in [7, 11) is 1.52. The Kier molecular flexibility index (Phi) is 7.89. The maximum absolute atomic E-state index is 12.1. The number of amidine groups is 1. The van der Waals surface area contributed by atoms with Gasteiger partial charge in [-0.15, -0.1) is 0 Å². The van der Waals surface area contributed by atoms with Gasteiger partial charge in [0.1, 0.15) is 17.6 Å². The molecular weight excluding hydrogens is 370 g/mol. The van der Waals surface area contributed by atoms with Gasteiger partial charge in [-0.1, -0.05) is 13.8 Å². The summed E-state index contributed by atoms with van der Waals surface area (Å²) in [5.41, 5.74) is 0.736. The molecule has 0 bridgehead atoms. The average molecular weight is 399 g/mol. The SMILES string of the molecule is COc1cc(OC2CCC(NC(=O)C(=N)N=CC(=N)C(C)C)CC2)ccc1C#N.[HH]. The molecular formula is C21H29N5O3. The van der Waals surface area contributed by atoms with E-state index in [2.05, 4.69) is 16.4 Å². The van der Waals surface area contributed by atoms with Gasteiger partial charge in [0, 0.05) is 13.5 Å². The average Bonchev–Trinajstić information content (AvgIpc) is 2.72. The topological polar surface area (TPSA) is 131 Å². The summed E-state index contributed by atoms with van der Waals surface area (Å²) < 4.78 is 11.2. The summed E-state index contributed by atoms with van der Waals surface area (Å²) in [4.78, 5) is 15.9. The number of hydrogen-bond donors (Lipinski definition) is 3. The third kappa shape index (κ3) is 6.42. The zero-order chi connectivity index (χ0) is 21.4. The van der Waals surface area contributed by atoms with E-state index in [9.17, 15) is 4.79 Å². The molecule has 1 aromatic carbocycles. The Morgan fingerprint density at radius 1 is 1.34 bits per heavy atom. The smallest absolute Gasteiger partial charge is 0.288 e. The molecule has 29 heavy (non-hydrogen) atoms. The fourth-order valence-electron chi connectivity index (χ4n) is 2.95. The molecule has 0 heterocycles. The molecule has 1 aliphatic rings. The van der Waals surface area contributed by atoms with Crippen molar-refractivity contribution in [3.63, 3.8) is 0 Å². The minimum Gasteiger partial charge on any atom is -0.495 e. The summed E-state index contributed by atoms with van der Waals surface area (Å²) in [5, 5.41) is 27.3. The highest BCUT2D eigenvalue weighted by atomic mass is 16.5. The standard InChI is InChI=1S/C21H27N5O3.H2/c1-13(2)18(23)12-25-20(24)21(27)26-15-5-8-16(9-6-15)29-17-7-4-14(11-22)19(10-17)28-3;/h4,7,10,12-13,15-16,23-24H,5-6,8-9H2,1-3H3,(H,26,27);1H. The van der Waals surface area contributed by atoms with Crippen molar-refractivity contribution in [2.45, 2.75) is 51.7 Å². The second-order valence-corrected chi connectivity index (χ2v) is 7.26. The number of nitriles is 1. The molecule has 156 valence electrons. The lowest BCUT2D eigenvalue weighted by atomic mass is 9.93.